The third-order valence-electron chi connectivity index (χ3n) is 1.84. The van der Waals surface area contributed by atoms with E-state index in [2.05, 4.69) is 17.2 Å². The molecule has 0 saturated heterocycles. The maximum Gasteiger partial charge on any atom is 0.319 e. The molecule has 0 aliphatic carbocycles. The Morgan fingerprint density at radius 1 is 1.50 bits per heavy atom. The molecule has 1 aromatic rings. The fourth-order valence-corrected chi connectivity index (χ4v) is 1.18. The molecule has 0 aromatic heterocycles. The van der Waals surface area contributed by atoms with E-state index >= 15 is 0 Å². The first-order valence-corrected chi connectivity index (χ1v) is 5.15. The highest BCUT2D eigenvalue weighted by atomic mass is 16.5. The lowest BCUT2D eigenvalue weighted by molar-refractivity contribution is 0.253. The smallest absolute Gasteiger partial charge is 0.319 e. The number of anilines is 1. The standard InChI is InChI=1S/C12H16N2O2/c1-3-9-13-12(15)14-10-7-5-6-8-11(10)16-4-2/h3,5-8H,1,4,9H2,2H3,(H2,13,14,15). The molecule has 0 saturated carbocycles. The molecule has 86 valence electrons. The van der Waals surface area contributed by atoms with Crippen LogP contribution >= 0.6 is 0 Å². The van der Waals surface area contributed by atoms with Gasteiger partial charge in [-0.2, -0.15) is 0 Å². The minimum absolute atomic E-state index is 0.271. The van der Waals surface area contributed by atoms with Gasteiger partial charge in [0.15, 0.2) is 0 Å². The average Bonchev–Trinajstić information content (AvgIpc) is 2.29. The van der Waals surface area contributed by atoms with Crippen molar-refractivity contribution in [2.75, 3.05) is 18.5 Å². The highest BCUT2D eigenvalue weighted by Crippen LogP contribution is 2.23. The summed E-state index contributed by atoms with van der Waals surface area (Å²) in [5, 5.41) is 5.33. The van der Waals surface area contributed by atoms with Crippen LogP contribution in [0.3, 0.4) is 0 Å². The van der Waals surface area contributed by atoms with Gasteiger partial charge in [0.25, 0.3) is 0 Å². The lowest BCUT2D eigenvalue weighted by atomic mass is 10.3. The molecule has 0 atom stereocenters. The van der Waals surface area contributed by atoms with Crippen LogP contribution in [0, 0.1) is 0 Å². The van der Waals surface area contributed by atoms with Gasteiger partial charge in [-0.1, -0.05) is 18.2 Å². The normalized spacial score (nSPS) is 9.31. The SMILES string of the molecule is C=CCNC(=O)Nc1ccccc1OCC. The number of carbonyl (C=O) groups is 1. The quantitative estimate of drug-likeness (QED) is 0.748. The Morgan fingerprint density at radius 2 is 2.25 bits per heavy atom. The second-order valence-electron chi connectivity index (χ2n) is 3.05. The number of urea groups is 1. The summed E-state index contributed by atoms with van der Waals surface area (Å²) in [6.07, 6.45) is 1.62. The molecule has 2 N–H and O–H groups in total. The number of amides is 2. The monoisotopic (exact) mass is 220 g/mol. The number of carbonyl (C=O) groups excluding carboxylic acids is 1. The summed E-state index contributed by atoms with van der Waals surface area (Å²) in [6, 6.07) is 7.03. The molecule has 1 rings (SSSR count). The highest BCUT2D eigenvalue weighted by molar-refractivity contribution is 5.90. The molecule has 4 nitrogen and oxygen atoms in total. The first kappa shape index (κ1) is 12.1. The number of nitrogens with one attached hydrogen (secondary N) is 2. The van der Waals surface area contributed by atoms with Gasteiger partial charge in [0.05, 0.1) is 12.3 Å². The lowest BCUT2D eigenvalue weighted by Gasteiger charge is -2.11. The molecule has 0 unspecified atom stereocenters. The molecule has 0 aliphatic rings. The van der Waals surface area contributed by atoms with Gasteiger partial charge in [-0.05, 0) is 19.1 Å². The topological polar surface area (TPSA) is 50.4 Å². The van der Waals surface area contributed by atoms with Gasteiger partial charge < -0.3 is 15.4 Å². The minimum Gasteiger partial charge on any atom is -0.492 e. The summed E-state index contributed by atoms with van der Waals surface area (Å²) in [7, 11) is 0. The van der Waals surface area contributed by atoms with E-state index < -0.39 is 0 Å². The molecule has 0 fully saturated rings. The summed E-state index contributed by atoms with van der Waals surface area (Å²) in [6.45, 7) is 6.41. The van der Waals surface area contributed by atoms with Crippen molar-refractivity contribution >= 4 is 11.7 Å². The summed E-state index contributed by atoms with van der Waals surface area (Å²) in [5.41, 5.74) is 0.658. The molecular formula is C12H16N2O2. The van der Waals surface area contributed by atoms with Crippen LogP contribution in [0.2, 0.25) is 0 Å². The maximum atomic E-state index is 11.4. The van der Waals surface area contributed by atoms with Crippen LogP contribution < -0.4 is 15.4 Å². The van der Waals surface area contributed by atoms with E-state index in [1.54, 1.807) is 12.1 Å². The number of hydrogen-bond donors (Lipinski definition) is 2. The molecule has 1 aromatic carbocycles. The summed E-state index contributed by atoms with van der Waals surface area (Å²) in [4.78, 5) is 11.4. The Bertz CT molecular complexity index is 364. The van der Waals surface area contributed by atoms with Crippen LogP contribution in [0.4, 0.5) is 10.5 Å². The third-order valence-corrected chi connectivity index (χ3v) is 1.84. The van der Waals surface area contributed by atoms with E-state index in [0.29, 0.717) is 24.6 Å². The minimum atomic E-state index is -0.271. The summed E-state index contributed by atoms with van der Waals surface area (Å²) in [5.74, 6) is 0.666. The molecule has 4 heteroatoms. The molecule has 0 radical (unpaired) electrons. The summed E-state index contributed by atoms with van der Waals surface area (Å²) >= 11 is 0. The Hall–Kier alpha value is -1.97. The van der Waals surface area contributed by atoms with Crippen molar-refractivity contribution in [3.05, 3.63) is 36.9 Å². The Balaban J connectivity index is 2.64. The zero-order valence-electron chi connectivity index (χ0n) is 9.32. The number of hydrogen-bond acceptors (Lipinski definition) is 2. The Morgan fingerprint density at radius 3 is 2.94 bits per heavy atom. The fourth-order valence-electron chi connectivity index (χ4n) is 1.18. The van der Waals surface area contributed by atoms with Crippen LogP contribution in [0.25, 0.3) is 0 Å². The van der Waals surface area contributed by atoms with Gasteiger partial charge in [-0.25, -0.2) is 4.79 Å². The van der Waals surface area contributed by atoms with E-state index in [-0.39, 0.29) is 6.03 Å². The molecule has 0 bridgehead atoms. The van der Waals surface area contributed by atoms with Crippen molar-refractivity contribution in [2.24, 2.45) is 0 Å². The second-order valence-corrected chi connectivity index (χ2v) is 3.05. The molecular weight excluding hydrogens is 204 g/mol. The lowest BCUT2D eigenvalue weighted by Crippen LogP contribution is -2.28. The maximum absolute atomic E-state index is 11.4. The highest BCUT2D eigenvalue weighted by Gasteiger charge is 2.05. The van der Waals surface area contributed by atoms with Gasteiger partial charge >= 0.3 is 6.03 Å². The Labute approximate surface area is 95.3 Å². The van der Waals surface area contributed by atoms with Gasteiger partial charge in [-0.15, -0.1) is 6.58 Å². The first-order chi connectivity index (χ1) is 7.77. The molecule has 2 amide bonds. The zero-order valence-corrected chi connectivity index (χ0v) is 9.32. The number of ether oxygens (including phenoxy) is 1. The van der Waals surface area contributed by atoms with Crippen molar-refractivity contribution in [1.29, 1.82) is 0 Å². The van der Waals surface area contributed by atoms with E-state index in [4.69, 9.17) is 4.74 Å². The van der Waals surface area contributed by atoms with Crippen molar-refractivity contribution < 1.29 is 9.53 Å². The zero-order chi connectivity index (χ0) is 11.8. The van der Waals surface area contributed by atoms with Crippen LogP contribution in [-0.4, -0.2) is 19.2 Å². The van der Waals surface area contributed by atoms with Crippen molar-refractivity contribution in [1.82, 2.24) is 5.32 Å². The van der Waals surface area contributed by atoms with Crippen molar-refractivity contribution in [3.8, 4) is 5.75 Å². The van der Waals surface area contributed by atoms with Crippen molar-refractivity contribution in [3.63, 3.8) is 0 Å². The molecule has 0 heterocycles. The van der Waals surface area contributed by atoms with Gasteiger partial charge in [-0.3, -0.25) is 0 Å². The molecule has 16 heavy (non-hydrogen) atoms. The Kier molecular flexibility index (Phi) is 4.92. The average molecular weight is 220 g/mol. The van der Waals surface area contributed by atoms with Gasteiger partial charge in [0, 0.05) is 6.54 Å². The fraction of sp³-hybridized carbons (Fsp3) is 0.250. The first-order valence-electron chi connectivity index (χ1n) is 5.15. The molecule has 0 spiro atoms. The van der Waals surface area contributed by atoms with Crippen molar-refractivity contribution in [2.45, 2.75) is 6.92 Å². The van der Waals surface area contributed by atoms with E-state index in [1.807, 2.05) is 25.1 Å². The van der Waals surface area contributed by atoms with Gasteiger partial charge in [0.1, 0.15) is 5.75 Å². The number of para-hydroxylation sites is 2. The number of rotatable bonds is 5. The predicted molar refractivity (Wildman–Crippen MR) is 64.8 cm³/mol. The largest absolute Gasteiger partial charge is 0.492 e. The van der Waals surface area contributed by atoms with Crippen LogP contribution in [0.1, 0.15) is 6.92 Å². The predicted octanol–water partition coefficient (Wildman–Crippen LogP) is 2.39. The number of benzene rings is 1. The van der Waals surface area contributed by atoms with E-state index in [1.165, 1.54) is 0 Å². The third kappa shape index (κ3) is 3.65. The van der Waals surface area contributed by atoms with E-state index in [0.717, 1.165) is 0 Å². The van der Waals surface area contributed by atoms with Gasteiger partial charge in [0.2, 0.25) is 0 Å². The van der Waals surface area contributed by atoms with Crippen LogP contribution in [0.15, 0.2) is 36.9 Å². The second kappa shape index (κ2) is 6.50. The van der Waals surface area contributed by atoms with E-state index in [9.17, 15) is 4.79 Å². The summed E-state index contributed by atoms with van der Waals surface area (Å²) < 4.78 is 5.38. The van der Waals surface area contributed by atoms with Crippen LogP contribution in [0.5, 0.6) is 5.75 Å². The molecule has 0 aliphatic heterocycles. The van der Waals surface area contributed by atoms with Crippen LogP contribution in [-0.2, 0) is 0 Å².